The lowest BCUT2D eigenvalue weighted by Crippen LogP contribution is -2.72. The van der Waals surface area contributed by atoms with Crippen LogP contribution in [0.2, 0.25) is 0 Å². The molecule has 5 aliphatic carbocycles. The zero-order chi connectivity index (χ0) is 39.0. The molecule has 0 amide bonds. The third-order valence-corrected chi connectivity index (χ3v) is 18.4. The van der Waals surface area contributed by atoms with Crippen LogP contribution in [0.1, 0.15) is 106 Å². The number of aliphatic hydroxyl groups excluding tert-OH is 7. The molecule has 0 aromatic heterocycles. The first kappa shape index (κ1) is 39.8. The van der Waals surface area contributed by atoms with Crippen molar-refractivity contribution in [3.05, 3.63) is 0 Å². The molecule has 0 aromatic carbocycles. The van der Waals surface area contributed by atoms with Crippen LogP contribution < -0.4 is 0 Å². The van der Waals surface area contributed by atoms with Gasteiger partial charge in [-0.3, -0.25) is 4.79 Å². The van der Waals surface area contributed by atoms with Crippen molar-refractivity contribution in [1.82, 2.24) is 0 Å². The Labute approximate surface area is 319 Å². The van der Waals surface area contributed by atoms with E-state index < -0.39 is 73.4 Å². The van der Waals surface area contributed by atoms with Crippen molar-refractivity contribution in [2.75, 3.05) is 19.8 Å². The number of ether oxygens (including phenoxy) is 5. The van der Waals surface area contributed by atoms with E-state index in [2.05, 4.69) is 41.5 Å². The van der Waals surface area contributed by atoms with Crippen LogP contribution in [0.4, 0.5) is 0 Å². The molecule has 0 radical (unpaired) electrons. The molecule has 4 heterocycles. The smallest absolute Gasteiger partial charge is 0.312 e. The van der Waals surface area contributed by atoms with Crippen molar-refractivity contribution in [1.29, 1.82) is 0 Å². The zero-order valence-electron chi connectivity index (χ0n) is 32.9. The van der Waals surface area contributed by atoms with Gasteiger partial charge in [0, 0.05) is 5.41 Å². The average molecular weight is 767 g/mol. The fourth-order valence-corrected chi connectivity index (χ4v) is 14.8. The van der Waals surface area contributed by atoms with E-state index in [1.165, 1.54) is 0 Å². The number of carbonyl (C=O) groups is 1. The van der Waals surface area contributed by atoms with Gasteiger partial charge in [-0.1, -0.05) is 34.6 Å². The van der Waals surface area contributed by atoms with Crippen molar-refractivity contribution in [3.63, 3.8) is 0 Å². The Morgan fingerprint density at radius 2 is 1.46 bits per heavy atom. The van der Waals surface area contributed by atoms with Gasteiger partial charge in [0.05, 0.1) is 31.3 Å². The molecular weight excluding hydrogens is 700 g/mol. The van der Waals surface area contributed by atoms with Crippen LogP contribution in [-0.2, 0) is 28.5 Å². The van der Waals surface area contributed by atoms with Gasteiger partial charge in [-0.15, -0.1) is 0 Å². The van der Waals surface area contributed by atoms with E-state index in [0.29, 0.717) is 30.1 Å². The minimum absolute atomic E-state index is 0.0467. The van der Waals surface area contributed by atoms with Gasteiger partial charge in [0.25, 0.3) is 0 Å². The van der Waals surface area contributed by atoms with Crippen LogP contribution in [0.25, 0.3) is 0 Å². The Balaban J connectivity index is 1.04. The van der Waals surface area contributed by atoms with Crippen molar-refractivity contribution < 1.29 is 64.2 Å². The largest absolute Gasteiger partial charge is 0.459 e. The number of rotatable bonds is 6. The van der Waals surface area contributed by atoms with E-state index in [9.17, 15) is 40.5 Å². The Morgan fingerprint density at radius 3 is 2.15 bits per heavy atom. The molecule has 5 saturated carbocycles. The first-order chi connectivity index (χ1) is 25.3. The fourth-order valence-electron chi connectivity index (χ4n) is 14.8. The van der Waals surface area contributed by atoms with Crippen molar-refractivity contribution in [2.24, 2.45) is 56.7 Å². The molecule has 13 heteroatoms. The van der Waals surface area contributed by atoms with Gasteiger partial charge in [-0.2, -0.15) is 0 Å². The Hall–Kier alpha value is -0.970. The van der Waals surface area contributed by atoms with Gasteiger partial charge in [0.1, 0.15) is 48.3 Å². The van der Waals surface area contributed by atoms with Crippen molar-refractivity contribution in [3.8, 4) is 0 Å². The topological polar surface area (TPSA) is 205 Å². The highest BCUT2D eigenvalue weighted by atomic mass is 16.8. The normalized spacial score (nSPS) is 59.7. The molecule has 2 bridgehead atoms. The summed E-state index contributed by atoms with van der Waals surface area (Å²) in [5, 5.41) is 74.1. The third-order valence-electron chi connectivity index (χ3n) is 18.4. The lowest BCUT2D eigenvalue weighted by atomic mass is 9.30. The predicted molar refractivity (Wildman–Crippen MR) is 191 cm³/mol. The summed E-state index contributed by atoms with van der Waals surface area (Å²) in [5.74, 6) is 1.67. The van der Waals surface area contributed by atoms with E-state index >= 15 is 0 Å². The molecule has 9 fully saturated rings. The molecule has 21 atom stereocenters. The lowest BCUT2D eigenvalue weighted by Gasteiger charge is -2.75. The molecule has 7 N–H and O–H groups in total. The second-order valence-corrected chi connectivity index (χ2v) is 20.2. The molecule has 4 aliphatic heterocycles. The standard InChI is InChI=1S/C41H66O13/c1-20-27-21-7-8-25-36(2)11-10-26(52-34-32(28(45)22(44)18-50-34)53-33-31(48)30(47)29(46)23(17-42)51-33)37(3,19-43)24(36)9-12-39(25,5)38(21,4)13-15-41(27)16-14-40(20,6)54-35(41)49/h20-34,42-48H,7-19H2,1-6H3/t20-,21+,22-,23+,24+,25+,26-,27+,28-,29+,30-,31+,32+,33-,34-,36-,37-,38+,39+,40-,41+/m0/s1. The molecule has 9 rings (SSSR count). The molecule has 308 valence electrons. The van der Waals surface area contributed by atoms with E-state index in [-0.39, 0.29) is 52.4 Å². The second kappa shape index (κ2) is 13.3. The molecule has 0 unspecified atom stereocenters. The maximum atomic E-state index is 13.7. The summed E-state index contributed by atoms with van der Waals surface area (Å²) >= 11 is 0. The number of aliphatic hydroxyl groups is 7. The van der Waals surface area contributed by atoms with Crippen LogP contribution in [0.5, 0.6) is 0 Å². The van der Waals surface area contributed by atoms with Crippen molar-refractivity contribution in [2.45, 2.75) is 173 Å². The number of hydrogen-bond acceptors (Lipinski definition) is 13. The zero-order valence-corrected chi connectivity index (χ0v) is 32.9. The highest BCUT2D eigenvalue weighted by Gasteiger charge is 2.75. The van der Waals surface area contributed by atoms with Crippen LogP contribution in [-0.4, -0.2) is 129 Å². The number of hydrogen-bond donors (Lipinski definition) is 7. The molecule has 9 aliphatic rings. The monoisotopic (exact) mass is 766 g/mol. The summed E-state index contributed by atoms with van der Waals surface area (Å²) in [6, 6.07) is 0. The van der Waals surface area contributed by atoms with Crippen LogP contribution in [0, 0.1) is 56.7 Å². The molecule has 4 saturated heterocycles. The quantitative estimate of drug-likeness (QED) is 0.153. The number of esters is 1. The van der Waals surface area contributed by atoms with E-state index in [4.69, 9.17) is 23.7 Å². The Kier molecular flexibility index (Phi) is 9.79. The number of carbonyl (C=O) groups excluding carboxylic acids is 1. The molecule has 13 nitrogen and oxygen atoms in total. The number of fused-ring (bicyclic) bond motifs is 7. The SMILES string of the molecule is C[C@H]1[C@@H]2[C@H]3CC[C@@H]4[C@@]5(C)CC[C@H](O[C@@H]6OC[C@H](O)[C@H](O)[C@H]6O[C@@H]6O[C@H](CO)[C@@H](O)[C@H](O)[C@H]6O)[C@@](C)(CO)[C@@H]5CC[C@@]4(C)[C@]3(C)CC[C@@]23CC[C@]1(C)OC3=O. The second-order valence-electron chi connectivity index (χ2n) is 20.2. The minimum Gasteiger partial charge on any atom is -0.459 e. The van der Waals surface area contributed by atoms with E-state index in [0.717, 1.165) is 57.8 Å². The third kappa shape index (κ3) is 5.25. The maximum absolute atomic E-state index is 13.7. The van der Waals surface area contributed by atoms with Gasteiger partial charge >= 0.3 is 5.97 Å². The Morgan fingerprint density at radius 1 is 0.741 bits per heavy atom. The lowest BCUT2D eigenvalue weighted by molar-refractivity contribution is -0.369. The fraction of sp³-hybridized carbons (Fsp3) is 0.976. The van der Waals surface area contributed by atoms with E-state index in [1.54, 1.807) is 0 Å². The van der Waals surface area contributed by atoms with Gasteiger partial charge in [0.2, 0.25) is 0 Å². The highest BCUT2D eigenvalue weighted by Crippen LogP contribution is 2.78. The van der Waals surface area contributed by atoms with E-state index in [1.807, 2.05) is 0 Å². The highest BCUT2D eigenvalue weighted by molar-refractivity contribution is 5.80. The molecule has 54 heavy (non-hydrogen) atoms. The van der Waals surface area contributed by atoms with Crippen molar-refractivity contribution >= 4 is 5.97 Å². The van der Waals surface area contributed by atoms with Gasteiger partial charge in [-0.25, -0.2) is 0 Å². The maximum Gasteiger partial charge on any atom is 0.312 e. The van der Waals surface area contributed by atoms with Crippen LogP contribution in [0.3, 0.4) is 0 Å². The summed E-state index contributed by atoms with van der Waals surface area (Å²) in [4.78, 5) is 13.7. The minimum atomic E-state index is -1.72. The molecule has 0 aromatic rings. The summed E-state index contributed by atoms with van der Waals surface area (Å²) in [7, 11) is 0. The first-order valence-electron chi connectivity index (χ1n) is 20.8. The van der Waals surface area contributed by atoms with Gasteiger partial charge in [0.15, 0.2) is 12.6 Å². The predicted octanol–water partition coefficient (Wildman–Crippen LogP) is 2.02. The summed E-state index contributed by atoms with van der Waals surface area (Å²) in [5.41, 5.74) is -1.41. The van der Waals surface area contributed by atoms with Crippen LogP contribution in [0.15, 0.2) is 0 Å². The Bertz CT molecular complexity index is 1450. The van der Waals surface area contributed by atoms with Crippen LogP contribution >= 0.6 is 0 Å². The first-order valence-corrected chi connectivity index (χ1v) is 20.8. The summed E-state index contributed by atoms with van der Waals surface area (Å²) in [6.45, 7) is 13.1. The molecular formula is C41H66O13. The average Bonchev–Trinajstić information content (AvgIpc) is 3.13. The van der Waals surface area contributed by atoms with Gasteiger partial charge < -0.3 is 59.4 Å². The van der Waals surface area contributed by atoms with Gasteiger partial charge in [-0.05, 0) is 117 Å². The summed E-state index contributed by atoms with van der Waals surface area (Å²) in [6.07, 6.45) is -4.32. The molecule has 1 spiro atoms. The summed E-state index contributed by atoms with van der Waals surface area (Å²) < 4.78 is 30.4.